The Hall–Kier alpha value is -2.81. The second-order valence-electron chi connectivity index (χ2n) is 5.80. The maximum atomic E-state index is 13.0. The molecule has 0 aliphatic carbocycles. The van der Waals surface area contributed by atoms with Gasteiger partial charge in [0.15, 0.2) is 5.69 Å². The van der Waals surface area contributed by atoms with Crippen molar-refractivity contribution >= 4 is 15.9 Å². The van der Waals surface area contributed by atoms with Gasteiger partial charge in [-0.25, -0.2) is 9.07 Å². The van der Waals surface area contributed by atoms with E-state index >= 15 is 0 Å². The molecule has 0 bridgehead atoms. The third-order valence-corrected chi connectivity index (χ3v) is 5.11. The van der Waals surface area contributed by atoms with Gasteiger partial charge in [0.2, 0.25) is 5.82 Å². The van der Waals surface area contributed by atoms with Crippen molar-refractivity contribution in [3.8, 4) is 23.0 Å². The highest BCUT2D eigenvalue weighted by molar-refractivity contribution is 9.10. The number of aromatic nitrogens is 6. The van der Waals surface area contributed by atoms with E-state index in [1.54, 1.807) is 22.9 Å². The Morgan fingerprint density at radius 3 is 2.58 bits per heavy atom. The van der Waals surface area contributed by atoms with Crippen molar-refractivity contribution in [2.45, 2.75) is 20.5 Å². The molecule has 3 heterocycles. The van der Waals surface area contributed by atoms with Gasteiger partial charge in [0.05, 0.1) is 15.9 Å². The van der Waals surface area contributed by atoms with Crippen LogP contribution in [0.4, 0.5) is 4.39 Å². The first-order valence-electron chi connectivity index (χ1n) is 7.84. The summed E-state index contributed by atoms with van der Waals surface area (Å²) in [4.78, 5) is 4.33. The largest absolute Gasteiger partial charge is 0.332 e. The minimum Gasteiger partial charge on any atom is -0.332 e. The standard InChI is InChI=1S/C17H14BrFN6O/c1-10-15(18)11(2)25(21-10)9-24-8-7-14(22-24)17-20-16(23-26-17)12-3-5-13(19)6-4-12/h3-8H,9H2,1-2H3. The summed E-state index contributed by atoms with van der Waals surface area (Å²) in [5.41, 5.74) is 3.19. The Kier molecular flexibility index (Phi) is 4.15. The maximum absolute atomic E-state index is 13.0. The summed E-state index contributed by atoms with van der Waals surface area (Å²) in [5, 5.41) is 12.9. The van der Waals surface area contributed by atoms with Crippen molar-refractivity contribution < 1.29 is 8.91 Å². The average Bonchev–Trinajstić information content (AvgIpc) is 3.34. The van der Waals surface area contributed by atoms with Crippen LogP contribution in [0.2, 0.25) is 0 Å². The van der Waals surface area contributed by atoms with Crippen LogP contribution in [-0.4, -0.2) is 29.7 Å². The lowest BCUT2D eigenvalue weighted by molar-refractivity contribution is 0.428. The number of hydrogen-bond donors (Lipinski definition) is 0. The van der Waals surface area contributed by atoms with E-state index in [0.29, 0.717) is 29.6 Å². The first-order chi connectivity index (χ1) is 12.5. The number of rotatable bonds is 4. The van der Waals surface area contributed by atoms with E-state index in [9.17, 15) is 4.39 Å². The molecule has 4 aromatic rings. The molecular formula is C17H14BrFN6O. The fraction of sp³-hybridized carbons (Fsp3) is 0.176. The fourth-order valence-corrected chi connectivity index (χ4v) is 2.83. The lowest BCUT2D eigenvalue weighted by Crippen LogP contribution is -2.11. The molecule has 0 radical (unpaired) electrons. The highest BCUT2D eigenvalue weighted by Gasteiger charge is 2.14. The topological polar surface area (TPSA) is 74.6 Å². The van der Waals surface area contributed by atoms with Crippen LogP contribution in [-0.2, 0) is 6.67 Å². The molecule has 7 nitrogen and oxygen atoms in total. The maximum Gasteiger partial charge on any atom is 0.278 e. The van der Waals surface area contributed by atoms with Gasteiger partial charge in [-0.15, -0.1) is 0 Å². The Balaban J connectivity index is 1.56. The molecule has 26 heavy (non-hydrogen) atoms. The predicted molar refractivity (Wildman–Crippen MR) is 95.7 cm³/mol. The van der Waals surface area contributed by atoms with Crippen LogP contribution in [0.25, 0.3) is 23.0 Å². The monoisotopic (exact) mass is 416 g/mol. The van der Waals surface area contributed by atoms with Crippen molar-refractivity contribution in [2.75, 3.05) is 0 Å². The van der Waals surface area contributed by atoms with Crippen molar-refractivity contribution in [3.63, 3.8) is 0 Å². The highest BCUT2D eigenvalue weighted by Crippen LogP contribution is 2.22. The molecule has 0 unspecified atom stereocenters. The number of nitrogens with zero attached hydrogens (tertiary/aromatic N) is 6. The number of benzene rings is 1. The lowest BCUT2D eigenvalue weighted by atomic mass is 10.2. The number of halogens is 2. The van der Waals surface area contributed by atoms with E-state index in [0.717, 1.165) is 15.9 Å². The Morgan fingerprint density at radius 2 is 1.88 bits per heavy atom. The van der Waals surface area contributed by atoms with Crippen molar-refractivity contribution in [1.29, 1.82) is 0 Å². The van der Waals surface area contributed by atoms with Gasteiger partial charge in [-0.3, -0.25) is 4.68 Å². The van der Waals surface area contributed by atoms with Gasteiger partial charge < -0.3 is 4.52 Å². The zero-order valence-electron chi connectivity index (χ0n) is 14.0. The highest BCUT2D eigenvalue weighted by atomic mass is 79.9. The van der Waals surface area contributed by atoms with Gasteiger partial charge in [-0.05, 0) is 60.1 Å². The van der Waals surface area contributed by atoms with E-state index in [4.69, 9.17) is 4.52 Å². The van der Waals surface area contributed by atoms with Gasteiger partial charge in [0, 0.05) is 11.8 Å². The molecule has 0 aliphatic heterocycles. The van der Waals surface area contributed by atoms with Gasteiger partial charge in [0.25, 0.3) is 5.89 Å². The molecule has 4 rings (SSSR count). The van der Waals surface area contributed by atoms with Crippen molar-refractivity contribution in [1.82, 2.24) is 29.7 Å². The summed E-state index contributed by atoms with van der Waals surface area (Å²) in [6.07, 6.45) is 1.82. The molecule has 132 valence electrons. The van der Waals surface area contributed by atoms with Crippen LogP contribution in [0.5, 0.6) is 0 Å². The molecule has 0 N–H and O–H groups in total. The molecule has 9 heteroatoms. The van der Waals surface area contributed by atoms with E-state index < -0.39 is 0 Å². The Labute approximate surface area is 156 Å². The zero-order valence-corrected chi connectivity index (χ0v) is 15.6. The van der Waals surface area contributed by atoms with E-state index in [1.165, 1.54) is 12.1 Å². The van der Waals surface area contributed by atoms with E-state index in [-0.39, 0.29) is 5.82 Å². The van der Waals surface area contributed by atoms with Crippen LogP contribution < -0.4 is 0 Å². The second-order valence-corrected chi connectivity index (χ2v) is 6.59. The van der Waals surface area contributed by atoms with Gasteiger partial charge >= 0.3 is 0 Å². The summed E-state index contributed by atoms with van der Waals surface area (Å²) < 4.78 is 22.9. The SMILES string of the molecule is Cc1nn(Cn2ccc(-c3nc(-c4ccc(F)cc4)no3)n2)c(C)c1Br. The second kappa shape index (κ2) is 6.49. The minimum absolute atomic E-state index is 0.303. The third-order valence-electron chi connectivity index (χ3n) is 3.96. The predicted octanol–water partition coefficient (Wildman–Crippen LogP) is 3.82. The summed E-state index contributed by atoms with van der Waals surface area (Å²) >= 11 is 3.51. The molecular weight excluding hydrogens is 403 g/mol. The van der Waals surface area contributed by atoms with Gasteiger partial charge in [0.1, 0.15) is 12.5 Å². The molecule has 0 saturated carbocycles. The first-order valence-corrected chi connectivity index (χ1v) is 8.63. The summed E-state index contributed by atoms with van der Waals surface area (Å²) in [7, 11) is 0. The summed E-state index contributed by atoms with van der Waals surface area (Å²) in [6.45, 7) is 4.40. The zero-order chi connectivity index (χ0) is 18.3. The lowest BCUT2D eigenvalue weighted by Gasteiger charge is -2.04. The van der Waals surface area contributed by atoms with E-state index in [2.05, 4.69) is 36.3 Å². The molecule has 0 spiro atoms. The van der Waals surface area contributed by atoms with Crippen molar-refractivity contribution in [3.05, 3.63) is 58.2 Å². The van der Waals surface area contributed by atoms with Crippen LogP contribution in [0.3, 0.4) is 0 Å². The average molecular weight is 417 g/mol. The van der Waals surface area contributed by atoms with E-state index in [1.807, 2.05) is 24.7 Å². The summed E-state index contributed by atoms with van der Waals surface area (Å²) in [5.74, 6) is 0.377. The molecule has 0 aliphatic rings. The third kappa shape index (κ3) is 3.05. The van der Waals surface area contributed by atoms with Crippen LogP contribution in [0, 0.1) is 19.7 Å². The number of hydrogen-bond acceptors (Lipinski definition) is 5. The Bertz CT molecular complexity index is 1070. The minimum atomic E-state index is -0.313. The van der Waals surface area contributed by atoms with Crippen molar-refractivity contribution in [2.24, 2.45) is 0 Å². The normalized spacial score (nSPS) is 11.2. The number of aryl methyl sites for hydroxylation is 1. The van der Waals surface area contributed by atoms with Gasteiger partial charge in [-0.1, -0.05) is 5.16 Å². The molecule has 1 aromatic carbocycles. The fourth-order valence-electron chi connectivity index (χ4n) is 2.55. The van der Waals surface area contributed by atoms with Crippen LogP contribution in [0.1, 0.15) is 11.4 Å². The van der Waals surface area contributed by atoms with Crippen LogP contribution in [0.15, 0.2) is 45.5 Å². The van der Waals surface area contributed by atoms with Gasteiger partial charge in [-0.2, -0.15) is 15.2 Å². The molecule has 3 aromatic heterocycles. The molecule has 0 saturated heterocycles. The molecule has 0 amide bonds. The quantitative estimate of drug-likeness (QED) is 0.505. The molecule has 0 fully saturated rings. The van der Waals surface area contributed by atoms with Crippen LogP contribution >= 0.6 is 15.9 Å². The Morgan fingerprint density at radius 1 is 1.12 bits per heavy atom. The molecule has 0 atom stereocenters. The summed E-state index contributed by atoms with van der Waals surface area (Å²) in [6, 6.07) is 7.70. The first kappa shape index (κ1) is 16.6. The smallest absolute Gasteiger partial charge is 0.278 e.